The lowest BCUT2D eigenvalue weighted by Crippen LogP contribution is -2.45. The molecule has 1 saturated heterocycles. The molecule has 1 atom stereocenters. The summed E-state index contributed by atoms with van der Waals surface area (Å²) < 4.78 is 5.20. The van der Waals surface area contributed by atoms with Gasteiger partial charge in [0.2, 0.25) is 0 Å². The Labute approximate surface area is 84.5 Å². The molecule has 1 N–H and O–H groups in total. The number of carbonyl (C=O) groups is 1. The Bertz CT molecular complexity index is 264. The lowest BCUT2D eigenvalue weighted by molar-refractivity contribution is -0.121. The van der Waals surface area contributed by atoms with Crippen LogP contribution < -0.4 is 5.32 Å². The van der Waals surface area contributed by atoms with Crippen molar-refractivity contribution >= 4 is 5.78 Å². The Morgan fingerprint density at radius 2 is 2.43 bits per heavy atom. The van der Waals surface area contributed by atoms with E-state index in [9.17, 15) is 4.79 Å². The minimum atomic E-state index is -0.327. The first-order valence-corrected chi connectivity index (χ1v) is 5.33. The molecule has 0 aromatic rings. The molecule has 0 spiro atoms. The maximum absolute atomic E-state index is 12.1. The molecule has 2 rings (SSSR count). The largest absolute Gasteiger partial charge is 0.501 e. The van der Waals surface area contributed by atoms with Gasteiger partial charge in [0.15, 0.2) is 5.78 Å². The standard InChI is InChI=1S/C11H17NO2/c1-11(5-3-6-12-11)10(13)9-4-2-7-14-8-9/h8,12H,2-7H2,1H3. The Morgan fingerprint density at radius 1 is 1.57 bits per heavy atom. The normalized spacial score (nSPS) is 32.2. The van der Waals surface area contributed by atoms with Crippen LogP contribution in [0.3, 0.4) is 0 Å². The van der Waals surface area contributed by atoms with Crippen molar-refractivity contribution in [2.24, 2.45) is 0 Å². The molecule has 1 fully saturated rings. The van der Waals surface area contributed by atoms with Gasteiger partial charge in [0.1, 0.15) is 0 Å². The number of ether oxygens (including phenoxy) is 1. The van der Waals surface area contributed by atoms with Crippen LogP contribution in [0.5, 0.6) is 0 Å². The van der Waals surface area contributed by atoms with E-state index in [4.69, 9.17) is 4.74 Å². The average Bonchev–Trinajstić information content (AvgIpc) is 2.67. The molecule has 2 aliphatic heterocycles. The molecule has 3 heteroatoms. The first-order valence-electron chi connectivity index (χ1n) is 5.33. The van der Waals surface area contributed by atoms with Crippen LogP contribution in [0.2, 0.25) is 0 Å². The third-order valence-electron chi connectivity index (χ3n) is 3.10. The van der Waals surface area contributed by atoms with Crippen molar-refractivity contribution in [3.05, 3.63) is 11.8 Å². The van der Waals surface area contributed by atoms with E-state index in [1.165, 1.54) is 0 Å². The summed E-state index contributed by atoms with van der Waals surface area (Å²) in [4.78, 5) is 12.1. The van der Waals surface area contributed by atoms with Crippen LogP contribution >= 0.6 is 0 Å². The molecule has 0 aromatic heterocycles. The number of hydrogen-bond donors (Lipinski definition) is 1. The number of carbonyl (C=O) groups excluding carboxylic acids is 1. The first kappa shape index (κ1) is 9.71. The van der Waals surface area contributed by atoms with E-state index in [0.29, 0.717) is 0 Å². The van der Waals surface area contributed by atoms with Gasteiger partial charge in [-0.05, 0) is 39.2 Å². The van der Waals surface area contributed by atoms with Crippen molar-refractivity contribution in [3.63, 3.8) is 0 Å². The molecule has 0 radical (unpaired) electrons. The second-order valence-electron chi connectivity index (χ2n) is 4.31. The van der Waals surface area contributed by atoms with Crippen LogP contribution in [0.15, 0.2) is 11.8 Å². The zero-order chi connectivity index (χ0) is 10.0. The highest BCUT2D eigenvalue weighted by Gasteiger charge is 2.37. The molecular formula is C11H17NO2. The molecule has 0 amide bonds. The second kappa shape index (κ2) is 3.73. The smallest absolute Gasteiger partial charge is 0.181 e. The van der Waals surface area contributed by atoms with Crippen LogP contribution in [-0.2, 0) is 9.53 Å². The minimum absolute atomic E-state index is 0.231. The maximum atomic E-state index is 12.1. The molecule has 0 aromatic carbocycles. The van der Waals surface area contributed by atoms with Crippen LogP contribution in [-0.4, -0.2) is 24.5 Å². The van der Waals surface area contributed by atoms with Gasteiger partial charge in [-0.3, -0.25) is 4.79 Å². The van der Waals surface area contributed by atoms with E-state index in [0.717, 1.165) is 44.4 Å². The van der Waals surface area contributed by atoms with Crippen LogP contribution in [0, 0.1) is 0 Å². The summed E-state index contributed by atoms with van der Waals surface area (Å²) in [6.07, 6.45) is 5.53. The molecule has 0 saturated carbocycles. The molecule has 0 aliphatic carbocycles. The van der Waals surface area contributed by atoms with Gasteiger partial charge in [-0.15, -0.1) is 0 Å². The molecule has 1 unspecified atom stereocenters. The third kappa shape index (κ3) is 1.69. The summed E-state index contributed by atoms with van der Waals surface area (Å²) >= 11 is 0. The van der Waals surface area contributed by atoms with E-state index < -0.39 is 0 Å². The fourth-order valence-electron chi connectivity index (χ4n) is 2.17. The summed E-state index contributed by atoms with van der Waals surface area (Å²) in [5.41, 5.74) is 0.528. The predicted octanol–water partition coefficient (Wildman–Crippen LogP) is 1.39. The van der Waals surface area contributed by atoms with E-state index >= 15 is 0 Å². The number of rotatable bonds is 2. The quantitative estimate of drug-likeness (QED) is 0.723. The summed E-state index contributed by atoms with van der Waals surface area (Å²) in [5.74, 6) is 0.231. The van der Waals surface area contributed by atoms with Gasteiger partial charge in [0.05, 0.1) is 18.4 Å². The summed E-state index contributed by atoms with van der Waals surface area (Å²) in [7, 11) is 0. The lowest BCUT2D eigenvalue weighted by Gasteiger charge is -2.25. The van der Waals surface area contributed by atoms with Crippen molar-refractivity contribution in [2.45, 2.75) is 38.1 Å². The van der Waals surface area contributed by atoms with Crippen molar-refractivity contribution in [1.82, 2.24) is 5.32 Å². The topological polar surface area (TPSA) is 38.3 Å². The number of nitrogens with one attached hydrogen (secondary N) is 1. The van der Waals surface area contributed by atoms with Crippen LogP contribution in [0.1, 0.15) is 32.6 Å². The third-order valence-corrected chi connectivity index (χ3v) is 3.10. The van der Waals surface area contributed by atoms with E-state index in [1.807, 2.05) is 6.92 Å². The lowest BCUT2D eigenvalue weighted by atomic mass is 9.88. The molecular weight excluding hydrogens is 178 g/mol. The van der Waals surface area contributed by atoms with Gasteiger partial charge < -0.3 is 10.1 Å². The van der Waals surface area contributed by atoms with Gasteiger partial charge in [-0.1, -0.05) is 0 Å². The molecule has 2 aliphatic rings. The predicted molar refractivity (Wildman–Crippen MR) is 53.9 cm³/mol. The van der Waals surface area contributed by atoms with Crippen molar-refractivity contribution in [2.75, 3.05) is 13.2 Å². The fourth-order valence-corrected chi connectivity index (χ4v) is 2.17. The SMILES string of the molecule is CC1(C(=O)C2=COCCC2)CCCN1. The van der Waals surface area contributed by atoms with Gasteiger partial charge in [0.25, 0.3) is 0 Å². The molecule has 0 bridgehead atoms. The monoisotopic (exact) mass is 195 g/mol. The number of ketones is 1. The van der Waals surface area contributed by atoms with E-state index in [2.05, 4.69) is 5.32 Å². The van der Waals surface area contributed by atoms with Crippen molar-refractivity contribution < 1.29 is 9.53 Å². The highest BCUT2D eigenvalue weighted by molar-refractivity contribution is 6.02. The molecule has 78 valence electrons. The highest BCUT2D eigenvalue weighted by atomic mass is 16.5. The second-order valence-corrected chi connectivity index (χ2v) is 4.31. The van der Waals surface area contributed by atoms with Crippen LogP contribution in [0.25, 0.3) is 0 Å². The van der Waals surface area contributed by atoms with Crippen molar-refractivity contribution in [1.29, 1.82) is 0 Å². The minimum Gasteiger partial charge on any atom is -0.501 e. The Hall–Kier alpha value is -0.830. The Morgan fingerprint density at radius 3 is 3.00 bits per heavy atom. The van der Waals surface area contributed by atoms with Gasteiger partial charge in [-0.25, -0.2) is 0 Å². The number of hydrogen-bond acceptors (Lipinski definition) is 3. The first-order chi connectivity index (χ1) is 6.72. The van der Waals surface area contributed by atoms with Crippen LogP contribution in [0.4, 0.5) is 0 Å². The van der Waals surface area contributed by atoms with Gasteiger partial charge >= 0.3 is 0 Å². The van der Waals surface area contributed by atoms with Crippen molar-refractivity contribution in [3.8, 4) is 0 Å². The fraction of sp³-hybridized carbons (Fsp3) is 0.727. The number of Topliss-reactive ketones (excluding diaryl/α,β-unsaturated/α-hetero) is 1. The van der Waals surface area contributed by atoms with E-state index in [1.54, 1.807) is 6.26 Å². The summed E-state index contributed by atoms with van der Waals surface area (Å²) in [6.45, 7) is 3.70. The van der Waals surface area contributed by atoms with Gasteiger partial charge in [-0.2, -0.15) is 0 Å². The Kier molecular flexibility index (Phi) is 2.59. The summed E-state index contributed by atoms with van der Waals surface area (Å²) in [5, 5.41) is 3.28. The maximum Gasteiger partial charge on any atom is 0.181 e. The zero-order valence-electron chi connectivity index (χ0n) is 8.64. The average molecular weight is 195 g/mol. The zero-order valence-corrected chi connectivity index (χ0v) is 8.64. The summed E-state index contributed by atoms with van der Waals surface area (Å²) in [6, 6.07) is 0. The molecule has 14 heavy (non-hydrogen) atoms. The molecule has 3 nitrogen and oxygen atoms in total. The van der Waals surface area contributed by atoms with Gasteiger partial charge in [0, 0.05) is 5.57 Å². The molecule has 2 heterocycles. The Balaban J connectivity index is 2.10. The van der Waals surface area contributed by atoms with E-state index in [-0.39, 0.29) is 11.3 Å². The highest BCUT2D eigenvalue weighted by Crippen LogP contribution is 2.26.